The van der Waals surface area contributed by atoms with Gasteiger partial charge in [0.05, 0.1) is 0 Å². The number of fused-ring (bicyclic) bond motifs is 1. The van der Waals surface area contributed by atoms with Crippen molar-refractivity contribution in [2.75, 3.05) is 0 Å². The third kappa shape index (κ3) is 1.41. The molecule has 3 atom stereocenters. The van der Waals surface area contributed by atoms with Crippen LogP contribution in [0.3, 0.4) is 0 Å². The van der Waals surface area contributed by atoms with E-state index in [1.165, 1.54) is 19.3 Å². The van der Waals surface area contributed by atoms with Gasteiger partial charge in [0.25, 0.3) is 0 Å². The molecule has 0 unspecified atom stereocenters. The molecular weight excluding hydrogens is 144 g/mol. The van der Waals surface area contributed by atoms with Crippen LogP contribution in [0.4, 0.5) is 0 Å². The van der Waals surface area contributed by atoms with Crippen molar-refractivity contribution in [2.45, 2.75) is 52.4 Å². The first-order valence-corrected chi connectivity index (χ1v) is 5.79. The second kappa shape index (κ2) is 3.40. The first-order valence-electron chi connectivity index (χ1n) is 5.79. The Hall–Kier alpha value is 0. The van der Waals surface area contributed by atoms with E-state index in [9.17, 15) is 0 Å². The Labute approximate surface area is 76.7 Å². The molecule has 12 heavy (non-hydrogen) atoms. The van der Waals surface area contributed by atoms with E-state index < -0.39 is 0 Å². The third-order valence-corrected chi connectivity index (χ3v) is 4.24. The normalized spacial score (nSPS) is 41.8. The Balaban J connectivity index is 2.01. The van der Waals surface area contributed by atoms with E-state index in [1.54, 1.807) is 19.3 Å². The second-order valence-electron chi connectivity index (χ2n) is 5.19. The molecule has 0 aromatic carbocycles. The molecule has 0 spiro atoms. The van der Waals surface area contributed by atoms with E-state index in [2.05, 4.69) is 13.8 Å². The zero-order valence-corrected chi connectivity index (χ0v) is 8.55. The Morgan fingerprint density at radius 2 is 1.67 bits per heavy atom. The maximum atomic E-state index is 2.42. The van der Waals surface area contributed by atoms with Gasteiger partial charge in [0.2, 0.25) is 0 Å². The summed E-state index contributed by atoms with van der Waals surface area (Å²) in [6.07, 6.45) is 9.22. The molecule has 0 bridgehead atoms. The van der Waals surface area contributed by atoms with Gasteiger partial charge in [-0.2, -0.15) is 0 Å². The molecule has 0 aliphatic heterocycles. The molecule has 0 aromatic rings. The minimum absolute atomic E-state index is 0.943. The molecule has 0 radical (unpaired) electrons. The van der Waals surface area contributed by atoms with E-state index in [4.69, 9.17) is 0 Å². The fraction of sp³-hybridized carbons (Fsp3) is 1.00. The van der Waals surface area contributed by atoms with Gasteiger partial charge in [0.15, 0.2) is 0 Å². The number of hydrogen-bond donors (Lipinski definition) is 0. The van der Waals surface area contributed by atoms with Crippen LogP contribution in [-0.2, 0) is 0 Å². The van der Waals surface area contributed by atoms with Crippen LogP contribution in [0.5, 0.6) is 0 Å². The van der Waals surface area contributed by atoms with Crippen molar-refractivity contribution >= 4 is 0 Å². The van der Waals surface area contributed by atoms with Crippen LogP contribution in [0.25, 0.3) is 0 Å². The van der Waals surface area contributed by atoms with Crippen molar-refractivity contribution in [3.8, 4) is 0 Å². The minimum Gasteiger partial charge on any atom is -0.0625 e. The lowest BCUT2D eigenvalue weighted by molar-refractivity contribution is 0.193. The van der Waals surface area contributed by atoms with Gasteiger partial charge < -0.3 is 0 Å². The van der Waals surface area contributed by atoms with E-state index in [1.807, 2.05) is 0 Å². The highest BCUT2D eigenvalue weighted by Crippen LogP contribution is 2.48. The first kappa shape index (κ1) is 8.59. The van der Waals surface area contributed by atoms with Gasteiger partial charge in [-0.1, -0.05) is 33.1 Å². The summed E-state index contributed by atoms with van der Waals surface area (Å²) in [7, 11) is 0. The average Bonchev–Trinajstić information content (AvgIpc) is 2.47. The van der Waals surface area contributed by atoms with Crippen molar-refractivity contribution in [1.29, 1.82) is 0 Å². The summed E-state index contributed by atoms with van der Waals surface area (Å²) in [6.45, 7) is 4.84. The lowest BCUT2D eigenvalue weighted by atomic mass is 9.75. The van der Waals surface area contributed by atoms with Crippen molar-refractivity contribution < 1.29 is 0 Å². The summed E-state index contributed by atoms with van der Waals surface area (Å²) in [5, 5.41) is 0. The Bertz CT molecular complexity index is 148. The van der Waals surface area contributed by atoms with E-state index in [0.29, 0.717) is 0 Å². The molecule has 0 N–H and O–H groups in total. The summed E-state index contributed by atoms with van der Waals surface area (Å²) in [5.74, 6) is 4.28. The lowest BCUT2D eigenvalue weighted by Gasteiger charge is -2.31. The molecule has 2 aliphatic rings. The Kier molecular flexibility index (Phi) is 2.43. The van der Waals surface area contributed by atoms with Gasteiger partial charge in [-0.15, -0.1) is 0 Å². The quantitative estimate of drug-likeness (QED) is 0.555. The molecule has 70 valence electrons. The molecular formula is C12H22. The van der Waals surface area contributed by atoms with Gasteiger partial charge in [0, 0.05) is 0 Å². The van der Waals surface area contributed by atoms with Gasteiger partial charge in [0.1, 0.15) is 0 Å². The lowest BCUT2D eigenvalue weighted by Crippen LogP contribution is -2.22. The zero-order valence-electron chi connectivity index (χ0n) is 8.55. The van der Waals surface area contributed by atoms with Crippen molar-refractivity contribution in [1.82, 2.24) is 0 Å². The highest BCUT2D eigenvalue weighted by atomic mass is 14.4. The summed E-state index contributed by atoms with van der Waals surface area (Å²) in [6, 6.07) is 0. The predicted molar refractivity (Wildman–Crippen MR) is 53.0 cm³/mol. The largest absolute Gasteiger partial charge is 0.0625 e. The summed E-state index contributed by atoms with van der Waals surface area (Å²) in [4.78, 5) is 0. The van der Waals surface area contributed by atoms with Gasteiger partial charge in [-0.3, -0.25) is 0 Å². The van der Waals surface area contributed by atoms with Gasteiger partial charge in [-0.05, 0) is 42.9 Å². The van der Waals surface area contributed by atoms with Crippen LogP contribution < -0.4 is 0 Å². The first-order chi connectivity index (χ1) is 5.79. The Morgan fingerprint density at radius 3 is 2.42 bits per heavy atom. The molecule has 2 saturated carbocycles. The monoisotopic (exact) mass is 166 g/mol. The van der Waals surface area contributed by atoms with Crippen LogP contribution in [0.15, 0.2) is 0 Å². The fourth-order valence-electron chi connectivity index (χ4n) is 3.61. The van der Waals surface area contributed by atoms with Crippen LogP contribution in [0.1, 0.15) is 52.4 Å². The van der Waals surface area contributed by atoms with Crippen molar-refractivity contribution in [3.05, 3.63) is 0 Å². The highest BCUT2D eigenvalue weighted by molar-refractivity contribution is 4.88. The van der Waals surface area contributed by atoms with E-state index >= 15 is 0 Å². The smallest absolute Gasteiger partial charge is 0.0355 e. The molecule has 2 fully saturated rings. The van der Waals surface area contributed by atoms with Gasteiger partial charge in [-0.25, -0.2) is 0 Å². The van der Waals surface area contributed by atoms with Gasteiger partial charge >= 0.3 is 0 Å². The molecule has 0 heterocycles. The van der Waals surface area contributed by atoms with Crippen LogP contribution in [-0.4, -0.2) is 0 Å². The zero-order chi connectivity index (χ0) is 8.55. The topological polar surface area (TPSA) is 0 Å². The Morgan fingerprint density at radius 1 is 0.917 bits per heavy atom. The molecule has 2 rings (SSSR count). The van der Waals surface area contributed by atoms with Crippen LogP contribution in [0.2, 0.25) is 0 Å². The average molecular weight is 166 g/mol. The van der Waals surface area contributed by atoms with Crippen LogP contribution >= 0.6 is 0 Å². The summed E-state index contributed by atoms with van der Waals surface area (Å²) >= 11 is 0. The SMILES string of the molecule is CC(C)[C@H]1CC[C@H]2CCCC[C@@H]21. The van der Waals surface area contributed by atoms with Crippen molar-refractivity contribution in [3.63, 3.8) is 0 Å². The molecule has 2 aliphatic carbocycles. The third-order valence-electron chi connectivity index (χ3n) is 4.24. The minimum atomic E-state index is 0.943. The second-order valence-corrected chi connectivity index (χ2v) is 5.19. The number of rotatable bonds is 1. The van der Waals surface area contributed by atoms with Crippen LogP contribution in [0, 0.1) is 23.7 Å². The maximum Gasteiger partial charge on any atom is -0.0355 e. The van der Waals surface area contributed by atoms with E-state index in [-0.39, 0.29) is 0 Å². The summed E-state index contributed by atoms with van der Waals surface area (Å²) < 4.78 is 0. The number of hydrogen-bond acceptors (Lipinski definition) is 0. The molecule has 0 amide bonds. The summed E-state index contributed by atoms with van der Waals surface area (Å²) in [5.41, 5.74) is 0. The standard InChI is InChI=1S/C12H22/c1-9(2)11-8-7-10-5-3-4-6-12(10)11/h9-12H,3-8H2,1-2H3/t10-,11-,12+/m1/s1. The molecule has 0 nitrogen and oxygen atoms in total. The predicted octanol–water partition coefficient (Wildman–Crippen LogP) is 3.86. The highest BCUT2D eigenvalue weighted by Gasteiger charge is 2.38. The molecule has 0 heteroatoms. The maximum absolute atomic E-state index is 2.42. The van der Waals surface area contributed by atoms with E-state index in [0.717, 1.165) is 23.7 Å². The van der Waals surface area contributed by atoms with Crippen molar-refractivity contribution in [2.24, 2.45) is 23.7 Å². The molecule has 0 aromatic heterocycles. The molecule has 0 saturated heterocycles. The fourth-order valence-corrected chi connectivity index (χ4v) is 3.61.